The minimum Gasteiger partial charge on any atom is -0.318 e. The van der Waals surface area contributed by atoms with Crippen LogP contribution in [0.2, 0.25) is 0 Å². The molecule has 0 saturated carbocycles. The molecule has 6 heteroatoms. The van der Waals surface area contributed by atoms with Crippen molar-refractivity contribution < 1.29 is 8.78 Å². The lowest BCUT2D eigenvalue weighted by Gasteiger charge is -2.30. The lowest BCUT2D eigenvalue weighted by Crippen LogP contribution is -2.15. The first-order chi connectivity index (χ1) is 18.6. The summed E-state index contributed by atoms with van der Waals surface area (Å²) < 4.78 is 30.2. The smallest absolute Gasteiger partial charge is 0.212 e. The van der Waals surface area contributed by atoms with E-state index in [1.165, 1.54) is 12.1 Å². The summed E-state index contributed by atoms with van der Waals surface area (Å²) in [5.41, 5.74) is 2.72. The molecule has 0 aliphatic carbocycles. The molecule has 0 amide bonds. The third-order valence-electron chi connectivity index (χ3n) is 6.03. The molecule has 182 valence electrons. The third kappa shape index (κ3) is 4.55. The topological polar surface area (TPSA) is 34.6 Å². The second-order valence-electron chi connectivity index (χ2n) is 8.33. The number of nitriles is 1. The molecule has 5 rings (SSSR count). The predicted molar refractivity (Wildman–Crippen MR) is 147 cm³/mol. The number of anilines is 6. The van der Waals surface area contributed by atoms with Crippen molar-refractivity contribution in [2.24, 2.45) is 0 Å². The number of benzene rings is 5. The average Bonchev–Trinajstić information content (AvgIpc) is 2.96. The molecule has 5 aromatic rings. The van der Waals surface area contributed by atoms with Gasteiger partial charge in [0, 0.05) is 11.4 Å². The Morgan fingerprint density at radius 2 is 1.03 bits per heavy atom. The van der Waals surface area contributed by atoms with Gasteiger partial charge in [-0.15, -0.1) is 0 Å². The predicted octanol–water partition coefficient (Wildman–Crippen LogP) is 9.33. The molecule has 0 aliphatic rings. The number of hydrogen-bond acceptors (Lipinski definition) is 3. The van der Waals surface area contributed by atoms with Crippen LogP contribution in [0.4, 0.5) is 48.6 Å². The second kappa shape index (κ2) is 10.7. The zero-order chi connectivity index (χ0) is 26.5. The van der Waals surface area contributed by atoms with Crippen LogP contribution in [-0.4, -0.2) is 0 Å². The van der Waals surface area contributed by atoms with E-state index < -0.39 is 11.6 Å². The molecule has 0 fully saturated rings. The molecular formula is C32H20F2N4. The van der Waals surface area contributed by atoms with Crippen LogP contribution >= 0.6 is 0 Å². The van der Waals surface area contributed by atoms with Gasteiger partial charge in [0.25, 0.3) is 0 Å². The van der Waals surface area contributed by atoms with Crippen LogP contribution in [0.15, 0.2) is 121 Å². The van der Waals surface area contributed by atoms with E-state index in [1.54, 1.807) is 82.6 Å². The zero-order valence-corrected chi connectivity index (χ0v) is 20.1. The Bertz CT molecular complexity index is 1550. The number of para-hydroxylation sites is 4. The van der Waals surface area contributed by atoms with Crippen LogP contribution in [0.5, 0.6) is 0 Å². The SMILES string of the molecule is [C-]#[N+]c1cc(N(c2ccccc2)c2ccccc2F)c(C#N)cc1N(c1ccccc1)c1ccccc1F. The second-order valence-corrected chi connectivity index (χ2v) is 8.33. The Hall–Kier alpha value is -5.46. The van der Waals surface area contributed by atoms with Gasteiger partial charge in [0.05, 0.1) is 34.9 Å². The summed E-state index contributed by atoms with van der Waals surface area (Å²) in [6.45, 7) is 8.00. The standard InChI is InChI=1S/C32H20F2N4/c1-36-28-21-31(37(24-12-4-2-5-13-24)29-18-10-8-16-26(29)33)23(22-35)20-32(28)38(25-14-6-3-7-15-25)30-19-11-9-17-27(30)34/h2-21H. The first-order valence-corrected chi connectivity index (χ1v) is 11.8. The summed E-state index contributed by atoms with van der Waals surface area (Å²) in [7, 11) is 0. The van der Waals surface area contributed by atoms with Crippen LogP contribution in [0.3, 0.4) is 0 Å². The number of nitrogens with zero attached hydrogens (tertiary/aromatic N) is 4. The Morgan fingerprint density at radius 1 is 0.579 bits per heavy atom. The molecule has 0 bridgehead atoms. The molecule has 0 radical (unpaired) electrons. The highest BCUT2D eigenvalue weighted by Crippen LogP contribution is 2.46. The molecule has 0 aliphatic heterocycles. The normalized spacial score (nSPS) is 10.3. The Balaban J connectivity index is 1.79. The molecule has 0 spiro atoms. The van der Waals surface area contributed by atoms with Crippen LogP contribution in [0, 0.1) is 29.5 Å². The van der Waals surface area contributed by atoms with Gasteiger partial charge < -0.3 is 9.80 Å². The van der Waals surface area contributed by atoms with Gasteiger partial charge in [0.2, 0.25) is 5.69 Å². The van der Waals surface area contributed by atoms with Crippen molar-refractivity contribution in [3.8, 4) is 6.07 Å². The highest BCUT2D eigenvalue weighted by Gasteiger charge is 2.25. The third-order valence-corrected chi connectivity index (χ3v) is 6.03. The van der Waals surface area contributed by atoms with Gasteiger partial charge in [-0.25, -0.2) is 13.6 Å². The van der Waals surface area contributed by atoms with E-state index in [0.29, 0.717) is 22.7 Å². The molecule has 0 saturated heterocycles. The molecule has 4 nitrogen and oxygen atoms in total. The summed E-state index contributed by atoms with van der Waals surface area (Å²) in [4.78, 5) is 6.98. The van der Waals surface area contributed by atoms with Crippen molar-refractivity contribution in [1.29, 1.82) is 5.26 Å². The summed E-state index contributed by atoms with van der Waals surface area (Å²) in [5.74, 6) is -0.960. The van der Waals surface area contributed by atoms with E-state index in [1.807, 2.05) is 36.4 Å². The molecule has 5 aromatic carbocycles. The van der Waals surface area contributed by atoms with E-state index in [2.05, 4.69) is 10.9 Å². The lowest BCUT2D eigenvalue weighted by molar-refractivity contribution is 0.628. The van der Waals surface area contributed by atoms with Crippen LogP contribution in [-0.2, 0) is 0 Å². The van der Waals surface area contributed by atoms with Crippen LogP contribution < -0.4 is 9.80 Å². The van der Waals surface area contributed by atoms with E-state index in [0.717, 1.165) is 0 Å². The monoisotopic (exact) mass is 498 g/mol. The van der Waals surface area contributed by atoms with Gasteiger partial charge in [-0.1, -0.05) is 60.7 Å². The number of halogens is 2. The van der Waals surface area contributed by atoms with Gasteiger partial charge in [-0.3, -0.25) is 0 Å². The van der Waals surface area contributed by atoms with E-state index in [4.69, 9.17) is 6.57 Å². The molecule has 0 aromatic heterocycles. The quantitative estimate of drug-likeness (QED) is 0.219. The van der Waals surface area contributed by atoms with Gasteiger partial charge in [-0.05, 0) is 60.7 Å². The number of hydrogen-bond donors (Lipinski definition) is 0. The minimum atomic E-state index is -0.481. The fourth-order valence-electron chi connectivity index (χ4n) is 4.35. The van der Waals surface area contributed by atoms with Gasteiger partial charge >= 0.3 is 0 Å². The average molecular weight is 499 g/mol. The summed E-state index contributed by atoms with van der Waals surface area (Å²) in [6.07, 6.45) is 0. The van der Waals surface area contributed by atoms with Gasteiger partial charge in [-0.2, -0.15) is 5.26 Å². The summed E-state index contributed by atoms with van der Waals surface area (Å²) in [5, 5.41) is 10.3. The first kappa shape index (κ1) is 24.2. The van der Waals surface area contributed by atoms with E-state index in [9.17, 15) is 5.26 Å². The van der Waals surface area contributed by atoms with Crippen molar-refractivity contribution >= 4 is 39.8 Å². The van der Waals surface area contributed by atoms with Gasteiger partial charge in [0.1, 0.15) is 17.7 Å². The zero-order valence-electron chi connectivity index (χ0n) is 20.1. The highest BCUT2D eigenvalue weighted by atomic mass is 19.1. The van der Waals surface area contributed by atoms with Crippen LogP contribution in [0.1, 0.15) is 5.56 Å². The summed E-state index contributed by atoms with van der Waals surface area (Å²) >= 11 is 0. The summed E-state index contributed by atoms with van der Waals surface area (Å²) in [6, 6.07) is 36.0. The molecule has 0 unspecified atom stereocenters. The van der Waals surface area contributed by atoms with Gasteiger partial charge in [0.15, 0.2) is 0 Å². The van der Waals surface area contributed by atoms with E-state index in [-0.39, 0.29) is 22.6 Å². The molecule has 38 heavy (non-hydrogen) atoms. The lowest BCUT2D eigenvalue weighted by atomic mass is 10.1. The fourth-order valence-corrected chi connectivity index (χ4v) is 4.35. The fraction of sp³-hybridized carbons (Fsp3) is 0. The maximum absolute atomic E-state index is 15.1. The minimum absolute atomic E-state index is 0.170. The maximum Gasteiger partial charge on any atom is 0.212 e. The van der Waals surface area contributed by atoms with Crippen molar-refractivity contribution in [3.05, 3.63) is 150 Å². The van der Waals surface area contributed by atoms with Crippen molar-refractivity contribution in [3.63, 3.8) is 0 Å². The molecule has 0 heterocycles. The first-order valence-electron chi connectivity index (χ1n) is 11.8. The number of rotatable bonds is 6. The Morgan fingerprint density at radius 3 is 1.47 bits per heavy atom. The molecular weight excluding hydrogens is 478 g/mol. The van der Waals surface area contributed by atoms with Crippen LogP contribution in [0.25, 0.3) is 4.85 Å². The van der Waals surface area contributed by atoms with Crippen molar-refractivity contribution in [1.82, 2.24) is 0 Å². The Kier molecular flexibility index (Phi) is 6.80. The molecule has 0 N–H and O–H groups in total. The maximum atomic E-state index is 15.1. The van der Waals surface area contributed by atoms with Crippen molar-refractivity contribution in [2.75, 3.05) is 9.80 Å². The highest BCUT2D eigenvalue weighted by molar-refractivity contribution is 5.91. The Labute approximate surface area is 219 Å². The van der Waals surface area contributed by atoms with E-state index >= 15 is 8.78 Å². The van der Waals surface area contributed by atoms with Crippen molar-refractivity contribution in [2.45, 2.75) is 0 Å². The molecule has 0 atom stereocenters. The largest absolute Gasteiger partial charge is 0.318 e.